The number of para-hydroxylation sites is 1. The summed E-state index contributed by atoms with van der Waals surface area (Å²) in [6.45, 7) is 1.97. The van der Waals surface area contributed by atoms with Crippen molar-refractivity contribution >= 4 is 34.9 Å². The van der Waals surface area contributed by atoms with Crippen molar-refractivity contribution in [2.45, 2.75) is 18.8 Å². The summed E-state index contributed by atoms with van der Waals surface area (Å²) in [5.41, 5.74) is 0.864. The van der Waals surface area contributed by atoms with Gasteiger partial charge in [-0.15, -0.1) is 17.5 Å². The van der Waals surface area contributed by atoms with Crippen molar-refractivity contribution in [3.05, 3.63) is 35.3 Å². The van der Waals surface area contributed by atoms with Gasteiger partial charge in [-0.05, 0) is 38.1 Å². The van der Waals surface area contributed by atoms with Gasteiger partial charge in [0, 0.05) is 11.3 Å². The van der Waals surface area contributed by atoms with Gasteiger partial charge < -0.3 is 9.73 Å². The first-order valence-electron chi connectivity index (χ1n) is 7.00. The molecule has 0 amide bonds. The van der Waals surface area contributed by atoms with Gasteiger partial charge in [-0.25, -0.2) is 0 Å². The zero-order valence-corrected chi connectivity index (χ0v) is 13.3. The molecule has 116 valence electrons. The Morgan fingerprint density at radius 3 is 2.77 bits per heavy atom. The highest BCUT2D eigenvalue weighted by Crippen LogP contribution is 2.27. The van der Waals surface area contributed by atoms with Gasteiger partial charge in [0.25, 0.3) is 0 Å². The minimum Gasteiger partial charge on any atom is -0.406 e. The molecule has 0 radical (unpaired) electrons. The van der Waals surface area contributed by atoms with Gasteiger partial charge in [0.15, 0.2) is 5.15 Å². The Morgan fingerprint density at radius 2 is 1.95 bits per heavy atom. The minimum absolute atomic E-state index is 0. The summed E-state index contributed by atoms with van der Waals surface area (Å²) in [6, 6.07) is 8.08. The lowest BCUT2D eigenvalue weighted by Gasteiger charge is -2.18. The Labute approximate surface area is 138 Å². The van der Waals surface area contributed by atoms with Crippen LogP contribution >= 0.6 is 24.0 Å². The van der Waals surface area contributed by atoms with Gasteiger partial charge in [0.05, 0.1) is 5.52 Å². The Balaban J connectivity index is 0.00000144. The summed E-state index contributed by atoms with van der Waals surface area (Å²) < 4.78 is 7.43. The second kappa shape index (κ2) is 6.24. The fourth-order valence-corrected chi connectivity index (χ4v) is 2.96. The molecule has 1 N–H and O–H groups in total. The molecule has 1 aromatic carbocycles. The van der Waals surface area contributed by atoms with Crippen molar-refractivity contribution in [1.82, 2.24) is 25.3 Å². The second-order valence-electron chi connectivity index (χ2n) is 5.17. The summed E-state index contributed by atoms with van der Waals surface area (Å²) >= 11 is 6.15. The molecular formula is C14H15Cl2N5O. The van der Waals surface area contributed by atoms with E-state index in [1.807, 2.05) is 24.3 Å². The van der Waals surface area contributed by atoms with Gasteiger partial charge in [0.2, 0.25) is 5.89 Å². The van der Waals surface area contributed by atoms with Crippen LogP contribution in [0.5, 0.6) is 0 Å². The largest absolute Gasteiger partial charge is 0.406 e. The highest BCUT2D eigenvalue weighted by Gasteiger charge is 2.22. The molecule has 4 rings (SSSR count). The summed E-state index contributed by atoms with van der Waals surface area (Å²) in [7, 11) is 0. The number of nitrogens with zero attached hydrogens (tertiary/aromatic N) is 4. The normalized spacial score (nSPS) is 15.9. The van der Waals surface area contributed by atoms with Gasteiger partial charge in [0.1, 0.15) is 0 Å². The first-order chi connectivity index (χ1) is 10.3. The number of nitrogens with one attached hydrogen (secondary N) is 1. The van der Waals surface area contributed by atoms with E-state index < -0.39 is 0 Å². The van der Waals surface area contributed by atoms with Crippen molar-refractivity contribution in [2.24, 2.45) is 0 Å². The molecule has 1 aliphatic rings. The highest BCUT2D eigenvalue weighted by molar-refractivity contribution is 6.34. The summed E-state index contributed by atoms with van der Waals surface area (Å²) in [5.74, 6) is 1.01. The van der Waals surface area contributed by atoms with Gasteiger partial charge in [-0.1, -0.05) is 28.8 Å². The van der Waals surface area contributed by atoms with Crippen LogP contribution in [0, 0.1) is 0 Å². The summed E-state index contributed by atoms with van der Waals surface area (Å²) in [5, 5.41) is 17.2. The fraction of sp³-hybridized carbons (Fsp3) is 0.357. The van der Waals surface area contributed by atoms with Crippen molar-refractivity contribution in [2.75, 3.05) is 13.1 Å². The SMILES string of the molecule is Cl.Clc1nn(-c2nnc(C3CCNCC3)o2)c2ccccc12. The monoisotopic (exact) mass is 339 g/mol. The van der Waals surface area contributed by atoms with Crippen LogP contribution in [0.4, 0.5) is 0 Å². The third-order valence-corrected chi connectivity index (χ3v) is 4.12. The first-order valence-corrected chi connectivity index (χ1v) is 7.38. The van der Waals surface area contributed by atoms with E-state index >= 15 is 0 Å². The fourth-order valence-electron chi connectivity index (χ4n) is 2.72. The Kier molecular flexibility index (Phi) is 4.33. The van der Waals surface area contributed by atoms with Crippen LogP contribution < -0.4 is 5.32 Å². The van der Waals surface area contributed by atoms with E-state index in [1.54, 1.807) is 4.68 Å². The average molecular weight is 340 g/mol. The number of rotatable bonds is 2. The quantitative estimate of drug-likeness (QED) is 0.777. The predicted molar refractivity (Wildman–Crippen MR) is 86.0 cm³/mol. The topological polar surface area (TPSA) is 68.8 Å². The minimum atomic E-state index is 0. The maximum absolute atomic E-state index is 6.15. The average Bonchev–Trinajstić information content (AvgIpc) is 3.14. The standard InChI is InChI=1S/C14H14ClN5O.ClH/c15-12-10-3-1-2-4-11(10)20(19-12)14-18-17-13(21-14)9-5-7-16-8-6-9;/h1-4,9,16H,5-8H2;1H. The molecule has 3 aromatic rings. The Morgan fingerprint density at radius 1 is 1.18 bits per heavy atom. The zero-order chi connectivity index (χ0) is 14.2. The number of fused-ring (bicyclic) bond motifs is 1. The van der Waals surface area contributed by atoms with Crippen LogP contribution in [-0.2, 0) is 0 Å². The highest BCUT2D eigenvalue weighted by atomic mass is 35.5. The molecule has 1 saturated heterocycles. The van der Waals surface area contributed by atoms with Crippen LogP contribution in [0.25, 0.3) is 16.9 Å². The Hall–Kier alpha value is -1.63. The van der Waals surface area contributed by atoms with Crippen LogP contribution in [0.2, 0.25) is 5.15 Å². The molecule has 0 spiro atoms. The van der Waals surface area contributed by atoms with Crippen molar-refractivity contribution in [1.29, 1.82) is 0 Å². The van der Waals surface area contributed by atoms with Crippen LogP contribution in [-0.4, -0.2) is 33.1 Å². The van der Waals surface area contributed by atoms with Crippen LogP contribution in [0.1, 0.15) is 24.7 Å². The van der Waals surface area contributed by atoms with E-state index in [0.717, 1.165) is 36.8 Å². The predicted octanol–water partition coefficient (Wildman–Crippen LogP) is 2.95. The van der Waals surface area contributed by atoms with Gasteiger partial charge in [-0.2, -0.15) is 9.78 Å². The molecule has 1 aliphatic heterocycles. The van der Waals surface area contributed by atoms with E-state index in [0.29, 0.717) is 23.0 Å². The Bertz CT molecular complexity index is 778. The second-order valence-corrected chi connectivity index (χ2v) is 5.52. The maximum Gasteiger partial charge on any atom is 0.344 e. The van der Waals surface area contributed by atoms with Crippen LogP contribution in [0.15, 0.2) is 28.7 Å². The van der Waals surface area contributed by atoms with Gasteiger partial charge in [-0.3, -0.25) is 0 Å². The number of piperidine rings is 1. The first kappa shape index (κ1) is 15.3. The number of hydrogen-bond acceptors (Lipinski definition) is 5. The molecule has 2 aromatic heterocycles. The molecule has 6 nitrogen and oxygen atoms in total. The molecule has 0 unspecified atom stereocenters. The molecule has 0 saturated carbocycles. The molecule has 0 aliphatic carbocycles. The van der Waals surface area contributed by atoms with Crippen molar-refractivity contribution in [3.8, 4) is 6.01 Å². The van der Waals surface area contributed by atoms with Crippen molar-refractivity contribution in [3.63, 3.8) is 0 Å². The molecule has 1 fully saturated rings. The zero-order valence-electron chi connectivity index (χ0n) is 11.7. The number of hydrogen-bond donors (Lipinski definition) is 1. The lowest BCUT2D eigenvalue weighted by molar-refractivity contribution is 0.368. The van der Waals surface area contributed by atoms with Crippen molar-refractivity contribution < 1.29 is 4.42 Å². The molecule has 8 heteroatoms. The van der Waals surface area contributed by atoms with E-state index in [4.69, 9.17) is 16.0 Å². The van der Waals surface area contributed by atoms with E-state index in [9.17, 15) is 0 Å². The third-order valence-electron chi connectivity index (χ3n) is 3.84. The lowest BCUT2D eigenvalue weighted by Crippen LogP contribution is -2.26. The van der Waals surface area contributed by atoms with Gasteiger partial charge >= 0.3 is 6.01 Å². The number of aromatic nitrogens is 4. The maximum atomic E-state index is 6.15. The van der Waals surface area contributed by atoms with E-state index in [1.165, 1.54) is 0 Å². The van der Waals surface area contributed by atoms with E-state index in [2.05, 4.69) is 20.6 Å². The summed E-state index contributed by atoms with van der Waals surface area (Å²) in [4.78, 5) is 0. The van der Waals surface area contributed by atoms with Crippen LogP contribution in [0.3, 0.4) is 0 Å². The molecular weight excluding hydrogens is 325 g/mol. The van der Waals surface area contributed by atoms with E-state index in [-0.39, 0.29) is 12.4 Å². The number of benzene rings is 1. The summed E-state index contributed by atoms with van der Waals surface area (Å²) in [6.07, 6.45) is 2.03. The smallest absolute Gasteiger partial charge is 0.344 e. The number of halogens is 2. The molecule has 22 heavy (non-hydrogen) atoms. The molecule has 0 bridgehead atoms. The molecule has 0 atom stereocenters. The third kappa shape index (κ3) is 2.58. The lowest BCUT2D eigenvalue weighted by atomic mass is 9.98. The molecule has 3 heterocycles.